The van der Waals surface area contributed by atoms with Crippen molar-refractivity contribution in [2.75, 3.05) is 4.90 Å². The fraction of sp³-hybridized carbons (Fsp3) is 0.348. The number of aryl methyl sites for hydroxylation is 1. The van der Waals surface area contributed by atoms with Gasteiger partial charge in [0.05, 0.1) is 11.6 Å². The van der Waals surface area contributed by atoms with Crippen molar-refractivity contribution in [1.29, 1.82) is 0 Å². The molecule has 2 amide bonds. The van der Waals surface area contributed by atoms with Gasteiger partial charge in [-0.15, -0.1) is 0 Å². The molecule has 1 aliphatic heterocycles. The molecule has 2 unspecified atom stereocenters. The van der Waals surface area contributed by atoms with Gasteiger partial charge in [0.25, 0.3) is 5.91 Å². The Morgan fingerprint density at radius 2 is 1.79 bits per heavy atom. The number of benzene rings is 2. The predicted octanol–water partition coefficient (Wildman–Crippen LogP) is 4.80. The summed E-state index contributed by atoms with van der Waals surface area (Å²) in [6.45, 7) is 8.16. The third-order valence-electron chi connectivity index (χ3n) is 4.99. The van der Waals surface area contributed by atoms with E-state index < -0.39 is 5.37 Å². The summed E-state index contributed by atoms with van der Waals surface area (Å²) >= 11 is 6.62. The van der Waals surface area contributed by atoms with Gasteiger partial charge in [-0.25, -0.2) is 0 Å². The van der Waals surface area contributed by atoms with Gasteiger partial charge in [0.1, 0.15) is 4.32 Å². The summed E-state index contributed by atoms with van der Waals surface area (Å²) in [5, 5.41) is 2.17. The van der Waals surface area contributed by atoms with E-state index >= 15 is 0 Å². The highest BCUT2D eigenvalue weighted by Crippen LogP contribution is 2.33. The SMILES string of the molecule is Cc1ccccc1N1C(=O)C(NC(=O)C(C)c2ccc(CC(C)C)cc2)SC1=S. The van der Waals surface area contributed by atoms with Crippen LogP contribution in [0.3, 0.4) is 0 Å². The van der Waals surface area contributed by atoms with Crippen LogP contribution in [0, 0.1) is 12.8 Å². The van der Waals surface area contributed by atoms with E-state index in [-0.39, 0.29) is 17.7 Å². The van der Waals surface area contributed by atoms with Crippen molar-refractivity contribution >= 4 is 45.8 Å². The van der Waals surface area contributed by atoms with E-state index in [0.29, 0.717) is 10.2 Å². The van der Waals surface area contributed by atoms with Crippen molar-refractivity contribution in [3.05, 3.63) is 65.2 Å². The number of nitrogens with zero attached hydrogens (tertiary/aromatic N) is 1. The van der Waals surface area contributed by atoms with E-state index in [1.54, 1.807) is 0 Å². The number of rotatable bonds is 6. The van der Waals surface area contributed by atoms with Gasteiger partial charge in [0.15, 0.2) is 5.37 Å². The second-order valence-electron chi connectivity index (χ2n) is 7.79. The fourth-order valence-corrected chi connectivity index (χ4v) is 4.71. The van der Waals surface area contributed by atoms with Gasteiger partial charge in [0, 0.05) is 0 Å². The van der Waals surface area contributed by atoms with Crippen molar-refractivity contribution in [2.45, 2.75) is 45.4 Å². The molecule has 29 heavy (non-hydrogen) atoms. The highest BCUT2D eigenvalue weighted by molar-refractivity contribution is 8.25. The number of hydrogen-bond donors (Lipinski definition) is 1. The van der Waals surface area contributed by atoms with Crippen molar-refractivity contribution < 1.29 is 9.59 Å². The molecule has 1 N–H and O–H groups in total. The number of thiocarbonyl (C=S) groups is 1. The number of anilines is 1. The molecule has 0 radical (unpaired) electrons. The summed E-state index contributed by atoms with van der Waals surface area (Å²) < 4.78 is 0.459. The Morgan fingerprint density at radius 3 is 2.41 bits per heavy atom. The zero-order valence-electron chi connectivity index (χ0n) is 17.1. The first-order valence-corrected chi connectivity index (χ1v) is 11.1. The van der Waals surface area contributed by atoms with E-state index in [4.69, 9.17) is 12.2 Å². The van der Waals surface area contributed by atoms with Crippen LogP contribution in [0.5, 0.6) is 0 Å². The summed E-state index contributed by atoms with van der Waals surface area (Å²) in [5.74, 6) is -0.145. The molecule has 1 aliphatic rings. The molecule has 2 atom stereocenters. The van der Waals surface area contributed by atoms with Crippen LogP contribution in [0.25, 0.3) is 0 Å². The maximum Gasteiger partial charge on any atom is 0.266 e. The van der Waals surface area contributed by atoms with Gasteiger partial charge in [-0.3, -0.25) is 14.5 Å². The maximum absolute atomic E-state index is 12.9. The van der Waals surface area contributed by atoms with Gasteiger partial charge in [-0.05, 0) is 48.9 Å². The minimum atomic E-state index is -0.697. The van der Waals surface area contributed by atoms with Crippen LogP contribution in [0.4, 0.5) is 5.69 Å². The highest BCUT2D eigenvalue weighted by atomic mass is 32.2. The topological polar surface area (TPSA) is 49.4 Å². The predicted molar refractivity (Wildman–Crippen MR) is 124 cm³/mol. The lowest BCUT2D eigenvalue weighted by Crippen LogP contribution is -2.42. The van der Waals surface area contributed by atoms with Crippen molar-refractivity contribution in [3.8, 4) is 0 Å². The highest BCUT2D eigenvalue weighted by Gasteiger charge is 2.39. The standard InChI is InChI=1S/C23H26N2O2S2/c1-14(2)13-17-9-11-18(12-10-17)16(4)20(26)24-21-22(27)25(23(28)29-21)19-8-6-5-7-15(19)3/h5-12,14,16,21H,13H2,1-4H3,(H,24,26). The third-order valence-corrected chi connectivity index (χ3v) is 6.40. The quantitative estimate of drug-likeness (QED) is 0.674. The molecule has 3 rings (SSSR count). The zero-order valence-corrected chi connectivity index (χ0v) is 18.8. The number of carbonyl (C=O) groups excluding carboxylic acids is 2. The van der Waals surface area contributed by atoms with Crippen molar-refractivity contribution in [2.24, 2.45) is 5.92 Å². The third kappa shape index (κ3) is 4.87. The normalized spacial score (nSPS) is 17.7. The Kier molecular flexibility index (Phi) is 6.75. The van der Waals surface area contributed by atoms with Crippen LogP contribution >= 0.6 is 24.0 Å². The Labute approximate surface area is 182 Å². The monoisotopic (exact) mass is 426 g/mol. The summed E-state index contributed by atoms with van der Waals surface area (Å²) in [6.07, 6.45) is 1.01. The van der Waals surface area contributed by atoms with Gasteiger partial charge >= 0.3 is 0 Å². The van der Waals surface area contributed by atoms with E-state index in [1.807, 2.05) is 50.2 Å². The van der Waals surface area contributed by atoms with Gasteiger partial charge < -0.3 is 5.32 Å². The fourth-order valence-electron chi connectivity index (χ4n) is 3.35. The van der Waals surface area contributed by atoms with E-state index in [9.17, 15) is 9.59 Å². The molecule has 6 heteroatoms. The first-order chi connectivity index (χ1) is 13.8. The average Bonchev–Trinajstić information content (AvgIpc) is 2.95. The molecule has 2 aromatic carbocycles. The van der Waals surface area contributed by atoms with Gasteiger partial charge in [-0.1, -0.05) is 80.3 Å². The molecule has 0 bridgehead atoms. The van der Waals surface area contributed by atoms with E-state index in [2.05, 4.69) is 31.3 Å². The Balaban J connectivity index is 1.68. The number of nitrogens with one attached hydrogen (secondary N) is 1. The minimum absolute atomic E-state index is 0.179. The lowest BCUT2D eigenvalue weighted by molar-refractivity contribution is -0.125. The first kappa shape index (κ1) is 21.5. The Hall–Kier alpha value is -2.18. The van der Waals surface area contributed by atoms with Crippen molar-refractivity contribution in [1.82, 2.24) is 5.32 Å². The van der Waals surface area contributed by atoms with Crippen LogP contribution in [-0.2, 0) is 16.0 Å². The summed E-state index contributed by atoms with van der Waals surface area (Å²) in [5.41, 5.74) is 3.92. The zero-order chi connectivity index (χ0) is 21.1. The summed E-state index contributed by atoms with van der Waals surface area (Å²) in [4.78, 5) is 27.2. The molecule has 2 aromatic rings. The minimum Gasteiger partial charge on any atom is -0.335 e. The lowest BCUT2D eigenvalue weighted by atomic mass is 9.96. The second kappa shape index (κ2) is 9.09. The molecule has 1 saturated heterocycles. The number of hydrogen-bond acceptors (Lipinski definition) is 4. The molecule has 4 nitrogen and oxygen atoms in total. The number of thioether (sulfide) groups is 1. The molecule has 1 heterocycles. The smallest absolute Gasteiger partial charge is 0.266 e. The maximum atomic E-state index is 12.9. The lowest BCUT2D eigenvalue weighted by Gasteiger charge is -2.19. The van der Waals surface area contributed by atoms with Gasteiger partial charge in [0.2, 0.25) is 5.91 Å². The second-order valence-corrected chi connectivity index (χ2v) is 9.53. The molecule has 1 fully saturated rings. The number of amides is 2. The summed E-state index contributed by atoms with van der Waals surface area (Å²) in [6, 6.07) is 15.7. The van der Waals surface area contributed by atoms with E-state index in [1.165, 1.54) is 22.2 Å². The molecular formula is C23H26N2O2S2. The Bertz CT molecular complexity index is 925. The molecule has 152 valence electrons. The molecular weight excluding hydrogens is 400 g/mol. The van der Waals surface area contributed by atoms with Crippen LogP contribution < -0.4 is 10.2 Å². The van der Waals surface area contributed by atoms with Crippen LogP contribution in [-0.4, -0.2) is 21.5 Å². The molecule has 0 spiro atoms. The van der Waals surface area contributed by atoms with Gasteiger partial charge in [-0.2, -0.15) is 0 Å². The van der Waals surface area contributed by atoms with E-state index in [0.717, 1.165) is 23.2 Å². The van der Waals surface area contributed by atoms with Crippen LogP contribution in [0.15, 0.2) is 48.5 Å². The van der Waals surface area contributed by atoms with Crippen LogP contribution in [0.1, 0.15) is 43.4 Å². The number of para-hydroxylation sites is 1. The largest absolute Gasteiger partial charge is 0.335 e. The molecule has 0 aliphatic carbocycles. The number of carbonyl (C=O) groups is 2. The molecule has 0 aromatic heterocycles. The van der Waals surface area contributed by atoms with Crippen molar-refractivity contribution in [3.63, 3.8) is 0 Å². The average molecular weight is 427 g/mol. The van der Waals surface area contributed by atoms with Crippen LogP contribution in [0.2, 0.25) is 0 Å². The Morgan fingerprint density at radius 1 is 1.14 bits per heavy atom. The summed E-state index contributed by atoms with van der Waals surface area (Å²) in [7, 11) is 0. The first-order valence-electron chi connectivity index (χ1n) is 9.77. The molecule has 0 saturated carbocycles.